The highest BCUT2D eigenvalue weighted by Crippen LogP contribution is 2.10. The highest BCUT2D eigenvalue weighted by atomic mass is 19.1. The van der Waals surface area contributed by atoms with Crippen LogP contribution < -0.4 is 5.32 Å². The molecule has 1 aromatic rings. The SMILES string of the molecule is CC(C)CCNC(=O)N1CCCN(Cc2ccc(F)cc2)CC1. The second-order valence-electron chi connectivity index (χ2n) is 6.66. The maximum atomic E-state index is 13.0. The van der Waals surface area contributed by atoms with Crippen LogP contribution in [0.25, 0.3) is 0 Å². The fourth-order valence-corrected chi connectivity index (χ4v) is 2.76. The van der Waals surface area contributed by atoms with Gasteiger partial charge >= 0.3 is 6.03 Å². The number of amides is 2. The quantitative estimate of drug-likeness (QED) is 0.904. The Balaban J connectivity index is 1.77. The van der Waals surface area contributed by atoms with E-state index in [0.29, 0.717) is 5.92 Å². The van der Waals surface area contributed by atoms with Gasteiger partial charge in [-0.05, 0) is 36.5 Å². The summed E-state index contributed by atoms with van der Waals surface area (Å²) in [6, 6.07) is 6.71. The van der Waals surface area contributed by atoms with E-state index in [1.807, 2.05) is 17.0 Å². The van der Waals surface area contributed by atoms with Crippen molar-refractivity contribution in [1.29, 1.82) is 0 Å². The van der Waals surface area contributed by atoms with Crippen molar-refractivity contribution in [3.05, 3.63) is 35.6 Å². The molecule has 1 N–H and O–H groups in total. The molecule has 1 aliphatic heterocycles. The first-order valence-electron chi connectivity index (χ1n) is 8.54. The second kappa shape index (κ2) is 8.87. The van der Waals surface area contributed by atoms with Crippen molar-refractivity contribution < 1.29 is 9.18 Å². The minimum atomic E-state index is -0.200. The summed E-state index contributed by atoms with van der Waals surface area (Å²) < 4.78 is 13.0. The smallest absolute Gasteiger partial charge is 0.317 e. The molecular formula is C18H28FN3O. The summed E-state index contributed by atoms with van der Waals surface area (Å²) in [6.07, 6.45) is 1.98. The highest BCUT2D eigenvalue weighted by molar-refractivity contribution is 5.74. The van der Waals surface area contributed by atoms with Crippen LogP contribution in [-0.2, 0) is 6.54 Å². The Morgan fingerprint density at radius 2 is 1.91 bits per heavy atom. The molecule has 0 saturated carbocycles. The van der Waals surface area contributed by atoms with Gasteiger partial charge < -0.3 is 10.2 Å². The Kier molecular flexibility index (Phi) is 6.84. The standard InChI is InChI=1S/C18H28FN3O/c1-15(2)8-9-20-18(23)22-11-3-10-21(12-13-22)14-16-4-6-17(19)7-5-16/h4-7,15H,3,8-14H2,1-2H3,(H,20,23). The fraction of sp³-hybridized carbons (Fsp3) is 0.611. The van der Waals surface area contributed by atoms with Gasteiger partial charge in [-0.2, -0.15) is 0 Å². The lowest BCUT2D eigenvalue weighted by Gasteiger charge is -2.22. The van der Waals surface area contributed by atoms with Gasteiger partial charge in [0.1, 0.15) is 5.82 Å². The number of hydrogen-bond acceptors (Lipinski definition) is 2. The lowest BCUT2D eigenvalue weighted by molar-refractivity contribution is 0.197. The average molecular weight is 321 g/mol. The molecule has 23 heavy (non-hydrogen) atoms. The predicted molar refractivity (Wildman–Crippen MR) is 90.7 cm³/mol. The summed E-state index contributed by atoms with van der Waals surface area (Å²) in [5, 5.41) is 3.01. The van der Waals surface area contributed by atoms with Crippen molar-refractivity contribution >= 4 is 6.03 Å². The Labute approximate surface area is 138 Å². The summed E-state index contributed by atoms with van der Waals surface area (Å²) in [7, 11) is 0. The monoisotopic (exact) mass is 321 g/mol. The molecule has 1 heterocycles. The molecule has 1 aromatic carbocycles. The molecule has 2 amide bonds. The maximum absolute atomic E-state index is 13.0. The van der Waals surface area contributed by atoms with E-state index in [9.17, 15) is 9.18 Å². The van der Waals surface area contributed by atoms with Crippen molar-refractivity contribution in [2.45, 2.75) is 33.2 Å². The largest absolute Gasteiger partial charge is 0.338 e. The summed E-state index contributed by atoms with van der Waals surface area (Å²) in [6.45, 7) is 9.23. The normalized spacial score (nSPS) is 16.4. The van der Waals surface area contributed by atoms with E-state index in [0.717, 1.165) is 57.7 Å². The zero-order valence-corrected chi connectivity index (χ0v) is 14.2. The topological polar surface area (TPSA) is 35.6 Å². The summed E-state index contributed by atoms with van der Waals surface area (Å²) in [4.78, 5) is 16.4. The first-order valence-corrected chi connectivity index (χ1v) is 8.54. The molecule has 0 spiro atoms. The second-order valence-corrected chi connectivity index (χ2v) is 6.66. The van der Waals surface area contributed by atoms with Crippen LogP contribution in [-0.4, -0.2) is 48.6 Å². The molecule has 5 heteroatoms. The van der Waals surface area contributed by atoms with Gasteiger partial charge in [-0.3, -0.25) is 4.90 Å². The van der Waals surface area contributed by atoms with Crippen molar-refractivity contribution in [2.24, 2.45) is 5.92 Å². The van der Waals surface area contributed by atoms with Crippen LogP contribution in [0, 0.1) is 11.7 Å². The van der Waals surface area contributed by atoms with E-state index in [-0.39, 0.29) is 11.8 Å². The van der Waals surface area contributed by atoms with Crippen molar-refractivity contribution in [3.63, 3.8) is 0 Å². The van der Waals surface area contributed by atoms with E-state index in [4.69, 9.17) is 0 Å². The lowest BCUT2D eigenvalue weighted by atomic mass is 10.1. The third-order valence-electron chi connectivity index (χ3n) is 4.19. The minimum Gasteiger partial charge on any atom is -0.338 e. The van der Waals surface area contributed by atoms with Gasteiger partial charge in [-0.15, -0.1) is 0 Å². The van der Waals surface area contributed by atoms with Crippen LogP contribution in [0.15, 0.2) is 24.3 Å². The van der Waals surface area contributed by atoms with Gasteiger partial charge in [0.05, 0.1) is 0 Å². The fourth-order valence-electron chi connectivity index (χ4n) is 2.76. The minimum absolute atomic E-state index is 0.0503. The number of nitrogens with zero attached hydrogens (tertiary/aromatic N) is 2. The molecular weight excluding hydrogens is 293 g/mol. The zero-order valence-electron chi connectivity index (χ0n) is 14.2. The maximum Gasteiger partial charge on any atom is 0.317 e. The van der Waals surface area contributed by atoms with Crippen LogP contribution in [0.3, 0.4) is 0 Å². The third kappa shape index (κ3) is 6.18. The third-order valence-corrected chi connectivity index (χ3v) is 4.19. The first-order chi connectivity index (χ1) is 11.0. The van der Waals surface area contributed by atoms with Crippen molar-refractivity contribution in [3.8, 4) is 0 Å². The average Bonchev–Trinajstić information content (AvgIpc) is 2.75. The predicted octanol–water partition coefficient (Wildman–Crippen LogP) is 3.09. The molecule has 0 atom stereocenters. The van der Waals surface area contributed by atoms with E-state index in [1.54, 1.807) is 0 Å². The van der Waals surface area contributed by atoms with E-state index >= 15 is 0 Å². The number of carbonyl (C=O) groups excluding carboxylic acids is 1. The number of urea groups is 1. The van der Waals surface area contributed by atoms with Gasteiger partial charge in [-0.1, -0.05) is 26.0 Å². The van der Waals surface area contributed by atoms with Crippen LogP contribution in [0.4, 0.5) is 9.18 Å². The van der Waals surface area contributed by atoms with E-state index in [2.05, 4.69) is 24.1 Å². The lowest BCUT2D eigenvalue weighted by Crippen LogP contribution is -2.42. The van der Waals surface area contributed by atoms with Crippen LogP contribution in [0.1, 0.15) is 32.3 Å². The van der Waals surface area contributed by atoms with Crippen molar-refractivity contribution in [2.75, 3.05) is 32.7 Å². The zero-order chi connectivity index (χ0) is 16.7. The molecule has 0 bridgehead atoms. The number of rotatable bonds is 5. The van der Waals surface area contributed by atoms with Gasteiger partial charge in [0.2, 0.25) is 0 Å². The number of halogens is 1. The van der Waals surface area contributed by atoms with Crippen molar-refractivity contribution in [1.82, 2.24) is 15.1 Å². The molecule has 2 rings (SSSR count). The molecule has 0 radical (unpaired) electrons. The number of hydrogen-bond donors (Lipinski definition) is 1. The van der Waals surface area contributed by atoms with Crippen LogP contribution in [0.5, 0.6) is 0 Å². The van der Waals surface area contributed by atoms with Crippen LogP contribution >= 0.6 is 0 Å². The first kappa shape index (κ1) is 17.7. The molecule has 0 aromatic heterocycles. The van der Waals surface area contributed by atoms with E-state index < -0.39 is 0 Å². The summed E-state index contributed by atoms with van der Waals surface area (Å²) >= 11 is 0. The molecule has 0 unspecified atom stereocenters. The van der Waals surface area contributed by atoms with Gasteiger partial charge in [0.25, 0.3) is 0 Å². The molecule has 4 nitrogen and oxygen atoms in total. The van der Waals surface area contributed by atoms with Gasteiger partial charge in [0, 0.05) is 39.3 Å². The molecule has 1 fully saturated rings. The Morgan fingerprint density at radius 3 is 2.61 bits per heavy atom. The van der Waals surface area contributed by atoms with Crippen LogP contribution in [0.2, 0.25) is 0 Å². The molecule has 1 aliphatic rings. The number of benzene rings is 1. The summed E-state index contributed by atoms with van der Waals surface area (Å²) in [5.74, 6) is 0.402. The Morgan fingerprint density at radius 1 is 1.17 bits per heavy atom. The van der Waals surface area contributed by atoms with E-state index in [1.165, 1.54) is 12.1 Å². The Hall–Kier alpha value is -1.62. The molecule has 1 saturated heterocycles. The number of carbonyl (C=O) groups is 1. The Bertz CT molecular complexity index is 490. The highest BCUT2D eigenvalue weighted by Gasteiger charge is 2.18. The van der Waals surface area contributed by atoms with Gasteiger partial charge in [0.15, 0.2) is 0 Å². The molecule has 0 aliphatic carbocycles. The number of nitrogens with one attached hydrogen (secondary N) is 1. The molecule has 128 valence electrons. The van der Waals surface area contributed by atoms with Gasteiger partial charge in [-0.25, -0.2) is 9.18 Å². The summed E-state index contributed by atoms with van der Waals surface area (Å²) in [5.41, 5.74) is 1.11.